The van der Waals surface area contributed by atoms with E-state index in [1.165, 1.54) is 31.2 Å². The molecule has 0 aromatic heterocycles. The summed E-state index contributed by atoms with van der Waals surface area (Å²) in [5, 5.41) is 3.61. The molecule has 0 unspecified atom stereocenters. The number of halogens is 2. The summed E-state index contributed by atoms with van der Waals surface area (Å²) in [5.41, 5.74) is 0.815. The Morgan fingerprint density at radius 3 is 2.18 bits per heavy atom. The Labute approximate surface area is 173 Å². The Kier molecular flexibility index (Phi) is 7.09. The van der Waals surface area contributed by atoms with Gasteiger partial charge in [-0.15, -0.1) is 0 Å². The van der Waals surface area contributed by atoms with Crippen LogP contribution in [0.25, 0.3) is 0 Å². The Bertz CT molecular complexity index is 990. The van der Waals surface area contributed by atoms with Gasteiger partial charge in [0.05, 0.1) is 16.5 Å². The molecule has 6 nitrogen and oxygen atoms in total. The van der Waals surface area contributed by atoms with E-state index < -0.39 is 33.9 Å². The van der Waals surface area contributed by atoms with E-state index in [0.29, 0.717) is 15.6 Å². The van der Waals surface area contributed by atoms with Gasteiger partial charge < -0.3 is 10.1 Å². The maximum absolute atomic E-state index is 12.3. The van der Waals surface area contributed by atoms with Crippen LogP contribution in [0.15, 0.2) is 47.4 Å². The summed E-state index contributed by atoms with van der Waals surface area (Å²) in [4.78, 5) is 24.6. The van der Waals surface area contributed by atoms with E-state index in [2.05, 4.69) is 5.32 Å². The lowest BCUT2D eigenvalue weighted by molar-refractivity contribution is -0.129. The molecule has 0 heterocycles. The predicted octanol–water partition coefficient (Wildman–Crippen LogP) is 3.82. The van der Waals surface area contributed by atoms with Crippen molar-refractivity contribution in [1.29, 1.82) is 0 Å². The largest absolute Gasteiger partial charge is 0.449 e. The number of hydrogen-bond acceptors (Lipinski definition) is 5. The van der Waals surface area contributed by atoms with Crippen molar-refractivity contribution in [3.63, 3.8) is 0 Å². The first-order valence-electron chi connectivity index (χ1n) is 8.25. The zero-order valence-corrected chi connectivity index (χ0v) is 17.7. The van der Waals surface area contributed by atoms with Crippen molar-refractivity contribution < 1.29 is 22.7 Å². The molecule has 1 N–H and O–H groups in total. The molecule has 0 saturated carbocycles. The lowest BCUT2D eigenvalue weighted by Crippen LogP contribution is -2.37. The Morgan fingerprint density at radius 1 is 1.04 bits per heavy atom. The number of rotatable bonds is 6. The predicted molar refractivity (Wildman–Crippen MR) is 107 cm³/mol. The second kappa shape index (κ2) is 8.94. The van der Waals surface area contributed by atoms with E-state index in [-0.39, 0.29) is 10.5 Å². The molecular formula is C19H19Cl2NO5S. The molecule has 0 aliphatic rings. The third-order valence-electron chi connectivity index (χ3n) is 3.96. The van der Waals surface area contributed by atoms with Crippen molar-refractivity contribution in [2.24, 2.45) is 0 Å². The fourth-order valence-corrected chi connectivity index (χ4v) is 3.58. The minimum Gasteiger partial charge on any atom is -0.449 e. The van der Waals surface area contributed by atoms with E-state index in [4.69, 9.17) is 27.9 Å². The quantitative estimate of drug-likeness (QED) is 0.685. The van der Waals surface area contributed by atoms with E-state index in [1.807, 2.05) is 0 Å². The van der Waals surface area contributed by atoms with Gasteiger partial charge in [0.25, 0.3) is 5.91 Å². The van der Waals surface area contributed by atoms with Crippen LogP contribution in [0.1, 0.15) is 35.8 Å². The van der Waals surface area contributed by atoms with Crippen molar-refractivity contribution >= 4 is 44.9 Å². The van der Waals surface area contributed by atoms with Gasteiger partial charge in [-0.2, -0.15) is 0 Å². The standard InChI is InChI=1S/C19H19Cl2NO5S/c1-11(16-9-6-14(20)10-17(16)21)22-18(23)12(2)27-19(24)13-4-7-15(8-5-13)28(3,25)26/h4-12H,1-3H3,(H,22,23)/t11-,12-/m0/s1. The fourth-order valence-electron chi connectivity index (χ4n) is 2.38. The minimum atomic E-state index is -3.36. The molecule has 2 rings (SSSR count). The highest BCUT2D eigenvalue weighted by atomic mass is 35.5. The van der Waals surface area contributed by atoms with Gasteiger partial charge in [-0.25, -0.2) is 13.2 Å². The van der Waals surface area contributed by atoms with Crippen molar-refractivity contribution in [2.75, 3.05) is 6.26 Å². The second-order valence-corrected chi connectivity index (χ2v) is 9.10. The summed E-state index contributed by atoms with van der Waals surface area (Å²) >= 11 is 12.0. The molecule has 0 spiro atoms. The summed E-state index contributed by atoms with van der Waals surface area (Å²) in [6.45, 7) is 3.18. The van der Waals surface area contributed by atoms with E-state index >= 15 is 0 Å². The van der Waals surface area contributed by atoms with E-state index in [0.717, 1.165) is 6.26 Å². The third-order valence-corrected chi connectivity index (χ3v) is 5.65. The molecule has 0 aliphatic heterocycles. The molecule has 1 amide bonds. The van der Waals surface area contributed by atoms with E-state index in [9.17, 15) is 18.0 Å². The summed E-state index contributed by atoms with van der Waals surface area (Å²) < 4.78 is 28.1. The monoisotopic (exact) mass is 443 g/mol. The van der Waals surface area contributed by atoms with Gasteiger partial charge in [0.1, 0.15) is 0 Å². The maximum Gasteiger partial charge on any atom is 0.338 e. The molecular weight excluding hydrogens is 425 g/mol. The van der Waals surface area contributed by atoms with Crippen LogP contribution in [0.4, 0.5) is 0 Å². The molecule has 0 fully saturated rings. The Balaban J connectivity index is 2.00. The van der Waals surface area contributed by atoms with Crippen LogP contribution in [0, 0.1) is 0 Å². The molecule has 2 aromatic carbocycles. The number of benzene rings is 2. The zero-order chi connectivity index (χ0) is 21.1. The number of carbonyl (C=O) groups is 2. The van der Waals surface area contributed by atoms with Crippen LogP contribution in [0.3, 0.4) is 0 Å². The van der Waals surface area contributed by atoms with Crippen molar-refractivity contribution in [3.05, 3.63) is 63.6 Å². The maximum atomic E-state index is 12.3. The molecule has 9 heteroatoms. The van der Waals surface area contributed by atoms with E-state index in [1.54, 1.807) is 25.1 Å². The van der Waals surface area contributed by atoms with Gasteiger partial charge in [0, 0.05) is 16.3 Å². The smallest absolute Gasteiger partial charge is 0.338 e. The number of carbonyl (C=O) groups excluding carboxylic acids is 2. The van der Waals surface area contributed by atoms with Gasteiger partial charge in [0.2, 0.25) is 0 Å². The SMILES string of the molecule is C[C@H](OC(=O)c1ccc(S(C)(=O)=O)cc1)C(=O)N[C@@H](C)c1ccc(Cl)cc1Cl. The topological polar surface area (TPSA) is 89.5 Å². The first-order valence-corrected chi connectivity index (χ1v) is 10.9. The highest BCUT2D eigenvalue weighted by molar-refractivity contribution is 7.90. The van der Waals surface area contributed by atoms with Crippen molar-refractivity contribution in [3.8, 4) is 0 Å². The van der Waals surface area contributed by atoms with Gasteiger partial charge in [-0.3, -0.25) is 4.79 Å². The number of esters is 1. The molecule has 150 valence electrons. The first kappa shape index (κ1) is 22.2. The van der Waals surface area contributed by atoms with Crippen LogP contribution in [-0.4, -0.2) is 32.7 Å². The lowest BCUT2D eigenvalue weighted by atomic mass is 10.1. The third kappa shape index (κ3) is 5.70. The number of sulfone groups is 1. The molecule has 2 atom stereocenters. The van der Waals surface area contributed by atoms with Crippen LogP contribution in [-0.2, 0) is 19.4 Å². The van der Waals surface area contributed by atoms with Crippen LogP contribution >= 0.6 is 23.2 Å². The number of ether oxygens (including phenoxy) is 1. The normalized spacial score (nSPS) is 13.5. The molecule has 0 bridgehead atoms. The average molecular weight is 444 g/mol. The van der Waals surface area contributed by atoms with Crippen LogP contribution in [0.2, 0.25) is 10.0 Å². The van der Waals surface area contributed by atoms with Crippen LogP contribution in [0.5, 0.6) is 0 Å². The summed E-state index contributed by atoms with van der Waals surface area (Å²) in [6, 6.07) is 9.80. The van der Waals surface area contributed by atoms with Gasteiger partial charge >= 0.3 is 5.97 Å². The van der Waals surface area contributed by atoms with Crippen LogP contribution < -0.4 is 5.32 Å². The molecule has 2 aromatic rings. The highest BCUT2D eigenvalue weighted by Gasteiger charge is 2.22. The summed E-state index contributed by atoms with van der Waals surface area (Å²) in [5.74, 6) is -1.24. The van der Waals surface area contributed by atoms with Gasteiger partial charge in [0.15, 0.2) is 15.9 Å². The minimum absolute atomic E-state index is 0.0866. The molecule has 0 saturated heterocycles. The Morgan fingerprint density at radius 2 is 1.64 bits per heavy atom. The van der Waals surface area contributed by atoms with Crippen molar-refractivity contribution in [2.45, 2.75) is 30.9 Å². The zero-order valence-electron chi connectivity index (χ0n) is 15.4. The summed E-state index contributed by atoms with van der Waals surface area (Å²) in [7, 11) is -3.36. The van der Waals surface area contributed by atoms with Gasteiger partial charge in [-0.05, 0) is 55.8 Å². The second-order valence-electron chi connectivity index (χ2n) is 6.24. The molecule has 0 aliphatic carbocycles. The van der Waals surface area contributed by atoms with Gasteiger partial charge in [-0.1, -0.05) is 29.3 Å². The average Bonchev–Trinajstić information content (AvgIpc) is 2.60. The van der Waals surface area contributed by atoms with Crippen molar-refractivity contribution in [1.82, 2.24) is 5.32 Å². The molecule has 0 radical (unpaired) electrons. The number of hydrogen-bond donors (Lipinski definition) is 1. The summed E-state index contributed by atoms with van der Waals surface area (Å²) in [6.07, 6.45) is 0.0107. The fraction of sp³-hybridized carbons (Fsp3) is 0.263. The Hall–Kier alpha value is -2.09. The number of nitrogens with one attached hydrogen (secondary N) is 1. The lowest BCUT2D eigenvalue weighted by Gasteiger charge is -2.19. The molecule has 28 heavy (non-hydrogen) atoms. The first-order chi connectivity index (χ1) is 13.0. The number of amides is 1. The highest BCUT2D eigenvalue weighted by Crippen LogP contribution is 2.26.